The number of rotatable bonds is 6. The summed E-state index contributed by atoms with van der Waals surface area (Å²) in [6.45, 7) is 2.00. The highest BCUT2D eigenvalue weighted by atomic mass is 16.5. The first-order valence-electron chi connectivity index (χ1n) is 9.58. The van der Waals surface area contributed by atoms with Crippen LogP contribution in [0.5, 0.6) is 0 Å². The summed E-state index contributed by atoms with van der Waals surface area (Å²) in [5.41, 5.74) is 4.21. The zero-order valence-electron chi connectivity index (χ0n) is 16.5. The molecule has 1 heterocycles. The maximum absolute atomic E-state index is 13.3. The van der Waals surface area contributed by atoms with Gasteiger partial charge in [0.2, 0.25) is 5.91 Å². The summed E-state index contributed by atoms with van der Waals surface area (Å²) in [6.07, 6.45) is 0.529. The van der Waals surface area contributed by atoms with Crippen molar-refractivity contribution in [1.82, 2.24) is 5.32 Å². The van der Waals surface area contributed by atoms with E-state index in [0.717, 1.165) is 5.56 Å². The van der Waals surface area contributed by atoms with Crippen LogP contribution in [-0.4, -0.2) is 35.9 Å². The first-order valence-corrected chi connectivity index (χ1v) is 9.58. The van der Waals surface area contributed by atoms with Gasteiger partial charge >= 0.3 is 0 Å². The van der Waals surface area contributed by atoms with Gasteiger partial charge in [0.15, 0.2) is 11.8 Å². The van der Waals surface area contributed by atoms with Gasteiger partial charge in [0.1, 0.15) is 0 Å². The molecular formula is C22H25N3O4. The third-order valence-electron chi connectivity index (χ3n) is 5.37. The summed E-state index contributed by atoms with van der Waals surface area (Å²) < 4.78 is 0. The van der Waals surface area contributed by atoms with E-state index in [1.54, 1.807) is 36.4 Å². The van der Waals surface area contributed by atoms with Crippen molar-refractivity contribution in [3.63, 3.8) is 0 Å². The summed E-state index contributed by atoms with van der Waals surface area (Å²) in [4.78, 5) is 39.9. The average Bonchev–Trinajstić information content (AvgIpc) is 2.75. The molecule has 2 aromatic carbocycles. The SMILES string of the molecule is CNC(=O)[C@@H]1C(=O)C[C@@H](CC(C)c2ccc(NO)cc2)C(=O)N1c1ccccc1. The molecule has 7 nitrogen and oxygen atoms in total. The summed E-state index contributed by atoms with van der Waals surface area (Å²) in [7, 11) is 1.46. The molecule has 1 unspecified atom stereocenters. The van der Waals surface area contributed by atoms with Gasteiger partial charge in [0.05, 0.1) is 5.69 Å². The molecule has 0 aliphatic carbocycles. The van der Waals surface area contributed by atoms with Crippen LogP contribution in [0.4, 0.5) is 11.4 Å². The van der Waals surface area contributed by atoms with Crippen molar-refractivity contribution in [3.8, 4) is 0 Å². The second-order valence-corrected chi connectivity index (χ2v) is 7.30. The number of Topliss-reactive ketones (excluding diaryl/α,β-unsaturated/α-hetero) is 1. The van der Waals surface area contributed by atoms with E-state index in [1.165, 1.54) is 11.9 Å². The minimum atomic E-state index is -1.14. The number of likely N-dealkylation sites (N-methyl/N-ethyl adjacent to an activating group) is 1. The fourth-order valence-electron chi connectivity index (χ4n) is 3.81. The van der Waals surface area contributed by atoms with E-state index in [9.17, 15) is 14.4 Å². The summed E-state index contributed by atoms with van der Waals surface area (Å²) in [5.74, 6) is -1.44. The smallest absolute Gasteiger partial charge is 0.250 e. The van der Waals surface area contributed by atoms with Crippen LogP contribution in [0, 0.1) is 5.92 Å². The van der Waals surface area contributed by atoms with Crippen molar-refractivity contribution in [2.45, 2.75) is 31.7 Å². The number of benzene rings is 2. The molecule has 152 valence electrons. The number of anilines is 2. The molecule has 7 heteroatoms. The maximum Gasteiger partial charge on any atom is 0.250 e. The molecule has 0 spiro atoms. The lowest BCUT2D eigenvalue weighted by Gasteiger charge is -2.38. The second-order valence-electron chi connectivity index (χ2n) is 7.30. The minimum Gasteiger partial charge on any atom is -0.357 e. The van der Waals surface area contributed by atoms with E-state index in [0.29, 0.717) is 17.8 Å². The van der Waals surface area contributed by atoms with E-state index in [1.807, 2.05) is 25.1 Å². The fourth-order valence-corrected chi connectivity index (χ4v) is 3.81. The number of hydrogen-bond acceptors (Lipinski definition) is 5. The Balaban J connectivity index is 1.86. The molecule has 0 aromatic heterocycles. The first kappa shape index (κ1) is 20.5. The van der Waals surface area contributed by atoms with Gasteiger partial charge in [-0.2, -0.15) is 0 Å². The molecule has 1 aliphatic heterocycles. The van der Waals surface area contributed by atoms with E-state index in [2.05, 4.69) is 10.8 Å². The van der Waals surface area contributed by atoms with Crippen LogP contribution in [0.3, 0.4) is 0 Å². The Kier molecular flexibility index (Phi) is 6.29. The topological polar surface area (TPSA) is 98.7 Å². The van der Waals surface area contributed by atoms with Crippen molar-refractivity contribution in [3.05, 3.63) is 60.2 Å². The molecule has 1 aliphatic rings. The monoisotopic (exact) mass is 395 g/mol. The Bertz CT molecular complexity index is 883. The molecule has 0 saturated carbocycles. The Morgan fingerprint density at radius 3 is 2.38 bits per heavy atom. The molecule has 3 rings (SSSR count). The summed E-state index contributed by atoms with van der Waals surface area (Å²) in [6, 6.07) is 14.9. The number of piperidine rings is 1. The van der Waals surface area contributed by atoms with Gasteiger partial charge in [0.25, 0.3) is 5.91 Å². The quantitative estimate of drug-likeness (QED) is 0.516. The number of para-hydroxylation sites is 1. The molecule has 1 fully saturated rings. The van der Waals surface area contributed by atoms with Crippen molar-refractivity contribution in [2.75, 3.05) is 17.4 Å². The van der Waals surface area contributed by atoms with Gasteiger partial charge < -0.3 is 5.32 Å². The molecule has 0 radical (unpaired) electrons. The van der Waals surface area contributed by atoms with Gasteiger partial charge in [-0.15, -0.1) is 0 Å². The lowest BCUT2D eigenvalue weighted by atomic mass is 9.82. The van der Waals surface area contributed by atoms with Crippen LogP contribution in [0.1, 0.15) is 31.2 Å². The van der Waals surface area contributed by atoms with Gasteiger partial charge in [-0.05, 0) is 42.2 Å². The standard InChI is InChI=1S/C22H25N3O4/c1-14(15-8-10-17(24-29)11-9-15)12-16-13-19(26)20(21(27)23-2)25(22(16)28)18-6-4-3-5-7-18/h3-11,14,16,20,24,29H,12-13H2,1-2H3,(H,23,27)/t14?,16-,20+/m1/s1. The highest BCUT2D eigenvalue weighted by molar-refractivity contribution is 6.18. The predicted octanol–water partition coefficient (Wildman–Crippen LogP) is 2.72. The molecule has 3 N–H and O–H groups in total. The van der Waals surface area contributed by atoms with Crippen LogP contribution in [0.15, 0.2) is 54.6 Å². The number of carbonyl (C=O) groups excluding carboxylic acids is 3. The number of hydrogen-bond donors (Lipinski definition) is 3. The zero-order valence-corrected chi connectivity index (χ0v) is 16.5. The predicted molar refractivity (Wildman–Crippen MR) is 110 cm³/mol. The second kappa shape index (κ2) is 8.87. The van der Waals surface area contributed by atoms with E-state index in [4.69, 9.17) is 5.21 Å². The van der Waals surface area contributed by atoms with E-state index >= 15 is 0 Å². The maximum atomic E-state index is 13.3. The van der Waals surface area contributed by atoms with Crippen LogP contribution < -0.4 is 15.7 Å². The molecule has 29 heavy (non-hydrogen) atoms. The molecule has 2 amide bonds. The Labute approximate surface area is 169 Å². The number of amides is 2. The molecular weight excluding hydrogens is 370 g/mol. The largest absolute Gasteiger partial charge is 0.357 e. The average molecular weight is 395 g/mol. The van der Waals surface area contributed by atoms with Gasteiger partial charge in [-0.3, -0.25) is 30.0 Å². The Hall–Kier alpha value is -3.19. The van der Waals surface area contributed by atoms with Crippen molar-refractivity contribution in [2.24, 2.45) is 5.92 Å². The van der Waals surface area contributed by atoms with Gasteiger partial charge in [-0.25, -0.2) is 0 Å². The fraction of sp³-hybridized carbons (Fsp3) is 0.318. The molecule has 0 bridgehead atoms. The number of nitrogens with one attached hydrogen (secondary N) is 2. The van der Waals surface area contributed by atoms with Crippen molar-refractivity contribution < 1.29 is 19.6 Å². The van der Waals surface area contributed by atoms with Crippen LogP contribution in [0.2, 0.25) is 0 Å². The highest BCUT2D eigenvalue weighted by Gasteiger charge is 2.45. The number of ketones is 1. The molecule has 3 atom stereocenters. The highest BCUT2D eigenvalue weighted by Crippen LogP contribution is 2.33. The number of carbonyl (C=O) groups is 3. The van der Waals surface area contributed by atoms with Crippen LogP contribution >= 0.6 is 0 Å². The molecule has 1 saturated heterocycles. The Morgan fingerprint density at radius 2 is 1.79 bits per heavy atom. The molecule has 2 aromatic rings. The first-order chi connectivity index (χ1) is 14.0. The van der Waals surface area contributed by atoms with Gasteiger partial charge in [0, 0.05) is 25.1 Å². The van der Waals surface area contributed by atoms with E-state index in [-0.39, 0.29) is 24.0 Å². The van der Waals surface area contributed by atoms with Crippen molar-refractivity contribution >= 4 is 29.0 Å². The van der Waals surface area contributed by atoms with Crippen molar-refractivity contribution in [1.29, 1.82) is 0 Å². The third-order valence-corrected chi connectivity index (χ3v) is 5.37. The van der Waals surface area contributed by atoms with Gasteiger partial charge in [-0.1, -0.05) is 37.3 Å². The number of nitrogens with zero attached hydrogens (tertiary/aromatic N) is 1. The van der Waals surface area contributed by atoms with Crippen LogP contribution in [0.25, 0.3) is 0 Å². The Morgan fingerprint density at radius 1 is 1.14 bits per heavy atom. The lowest BCUT2D eigenvalue weighted by molar-refractivity contribution is -0.139. The summed E-state index contributed by atoms with van der Waals surface area (Å²) >= 11 is 0. The lowest BCUT2D eigenvalue weighted by Crippen LogP contribution is -2.59. The summed E-state index contributed by atoms with van der Waals surface area (Å²) in [5, 5.41) is 11.4. The van der Waals surface area contributed by atoms with E-state index < -0.39 is 17.9 Å². The van der Waals surface area contributed by atoms with Crippen LogP contribution in [-0.2, 0) is 14.4 Å². The third kappa shape index (κ3) is 4.30. The normalized spacial score (nSPS) is 20.3. The minimum absolute atomic E-state index is 0.0265. The zero-order chi connectivity index (χ0) is 21.0.